The molecule has 0 aliphatic rings. The Morgan fingerprint density at radius 3 is 0.697 bits per heavy atom. The monoisotopic (exact) mass is 1050 g/mol. The number of hydrogen-bond acceptors (Lipinski definition) is 2. The van der Waals surface area contributed by atoms with Crippen molar-refractivity contribution >= 4 is 22.8 Å². The molecule has 0 aliphatic carbocycles. The minimum Gasteiger partial charge on any atom is -0.252 e. The van der Waals surface area contributed by atoms with E-state index in [1.807, 2.05) is 0 Å². The predicted molar refractivity (Wildman–Crippen MR) is 346 cm³/mol. The SMILES string of the molecule is CCCCCCCCCCCCCCCCCCCCCCCCCCC(=Nc1cccc(CCCCCCCCCCCCCCC)c1)C(CCCC)=Nc1cccc(CCCCCCCCCCCCCCC)c1. The lowest BCUT2D eigenvalue weighted by Crippen LogP contribution is -2.14. The van der Waals surface area contributed by atoms with E-state index < -0.39 is 0 Å². The second-order valence-corrected chi connectivity index (χ2v) is 24.4. The third-order valence-corrected chi connectivity index (χ3v) is 16.9. The molecule has 2 rings (SSSR count). The summed E-state index contributed by atoms with van der Waals surface area (Å²) in [7, 11) is 0. The number of hydrogen-bond donors (Lipinski definition) is 0. The summed E-state index contributed by atoms with van der Waals surface area (Å²) in [6.45, 7) is 9.27. The van der Waals surface area contributed by atoms with E-state index in [1.54, 1.807) is 0 Å². The molecule has 0 amide bonds. The van der Waals surface area contributed by atoms with Crippen molar-refractivity contribution in [3.8, 4) is 0 Å². The lowest BCUT2D eigenvalue weighted by atomic mass is 10.00. The van der Waals surface area contributed by atoms with Gasteiger partial charge >= 0.3 is 0 Å². The van der Waals surface area contributed by atoms with Crippen molar-refractivity contribution < 1.29 is 0 Å². The van der Waals surface area contributed by atoms with E-state index in [4.69, 9.17) is 9.98 Å². The summed E-state index contributed by atoms with van der Waals surface area (Å²) >= 11 is 0. The van der Waals surface area contributed by atoms with Crippen LogP contribution in [0, 0.1) is 0 Å². The Morgan fingerprint density at radius 1 is 0.237 bits per heavy atom. The minimum absolute atomic E-state index is 1.01. The van der Waals surface area contributed by atoms with Crippen molar-refractivity contribution in [2.75, 3.05) is 0 Å². The summed E-state index contributed by atoms with van der Waals surface area (Å²) < 4.78 is 0. The van der Waals surface area contributed by atoms with Gasteiger partial charge in [-0.25, -0.2) is 0 Å². The Labute approximate surface area is 477 Å². The third kappa shape index (κ3) is 44.6. The van der Waals surface area contributed by atoms with Crippen LogP contribution < -0.4 is 0 Å². The lowest BCUT2D eigenvalue weighted by Gasteiger charge is -2.12. The van der Waals surface area contributed by atoms with Crippen molar-refractivity contribution in [2.24, 2.45) is 9.98 Å². The Morgan fingerprint density at radius 2 is 0.447 bits per heavy atom. The van der Waals surface area contributed by atoms with E-state index in [-0.39, 0.29) is 0 Å². The predicted octanol–water partition coefficient (Wildman–Crippen LogP) is 26.8. The Kier molecular flexibility index (Phi) is 51.6. The first-order chi connectivity index (χ1) is 37.7. The number of rotatable bonds is 59. The number of benzene rings is 2. The molecule has 2 nitrogen and oxygen atoms in total. The van der Waals surface area contributed by atoms with Gasteiger partial charge in [0.1, 0.15) is 0 Å². The van der Waals surface area contributed by atoms with E-state index in [9.17, 15) is 0 Å². The fraction of sp³-hybridized carbons (Fsp3) is 0.811. The van der Waals surface area contributed by atoms with E-state index in [0.717, 1.165) is 37.1 Å². The Hall–Kier alpha value is -2.22. The molecule has 0 fully saturated rings. The molecule has 0 aliphatic heterocycles. The molecule has 0 aromatic heterocycles. The normalized spacial score (nSPS) is 12.2. The molecule has 2 aromatic rings. The summed E-state index contributed by atoms with van der Waals surface area (Å²) in [5.41, 5.74) is 7.63. The number of aliphatic imine (C=N–C) groups is 2. The van der Waals surface area contributed by atoms with Gasteiger partial charge in [-0.1, -0.05) is 360 Å². The zero-order valence-corrected chi connectivity index (χ0v) is 52.1. The molecule has 0 spiro atoms. The van der Waals surface area contributed by atoms with Gasteiger partial charge in [0.05, 0.1) is 22.8 Å². The van der Waals surface area contributed by atoms with Crippen LogP contribution in [0.4, 0.5) is 11.4 Å². The molecule has 0 saturated carbocycles. The highest BCUT2D eigenvalue weighted by atomic mass is 14.8. The van der Waals surface area contributed by atoms with Crippen molar-refractivity contribution in [1.29, 1.82) is 0 Å². The fourth-order valence-corrected chi connectivity index (χ4v) is 11.7. The van der Waals surface area contributed by atoms with Crippen LogP contribution in [0.2, 0.25) is 0 Å². The van der Waals surface area contributed by atoms with Gasteiger partial charge in [-0.05, 0) is 86.8 Å². The lowest BCUT2D eigenvalue weighted by molar-refractivity contribution is 0.517. The molecule has 0 radical (unpaired) electrons. The summed E-state index contributed by atoms with van der Waals surface area (Å²) in [5, 5.41) is 0. The molecule has 0 atom stereocenters. The van der Waals surface area contributed by atoms with Crippen LogP contribution in [-0.4, -0.2) is 11.4 Å². The highest BCUT2D eigenvalue weighted by Crippen LogP contribution is 2.25. The van der Waals surface area contributed by atoms with Gasteiger partial charge in [0.15, 0.2) is 0 Å². The van der Waals surface area contributed by atoms with Crippen molar-refractivity contribution in [1.82, 2.24) is 0 Å². The zero-order valence-electron chi connectivity index (χ0n) is 52.1. The average molecular weight is 1050 g/mol. The first-order valence-corrected chi connectivity index (χ1v) is 35.0. The summed E-state index contributed by atoms with van der Waals surface area (Å²) in [6.07, 6.45) is 77.6. The van der Waals surface area contributed by atoms with E-state index in [2.05, 4.69) is 76.2 Å². The Balaban J connectivity index is 1.85. The van der Waals surface area contributed by atoms with Gasteiger partial charge in [0.2, 0.25) is 0 Å². The van der Waals surface area contributed by atoms with E-state index in [0.29, 0.717) is 0 Å². The van der Waals surface area contributed by atoms with Crippen LogP contribution in [-0.2, 0) is 12.8 Å². The van der Waals surface area contributed by atoms with Crippen molar-refractivity contribution in [3.63, 3.8) is 0 Å². The molecule has 2 aromatic carbocycles. The summed E-state index contributed by atoms with van der Waals surface area (Å²) in [6, 6.07) is 18.5. The topological polar surface area (TPSA) is 24.7 Å². The van der Waals surface area contributed by atoms with Gasteiger partial charge in [-0.15, -0.1) is 0 Å². The first-order valence-electron chi connectivity index (χ1n) is 35.0. The number of unbranched alkanes of at least 4 members (excludes halogenated alkanes) is 48. The van der Waals surface area contributed by atoms with Crippen molar-refractivity contribution in [3.05, 3.63) is 59.7 Å². The molecule has 76 heavy (non-hydrogen) atoms. The maximum Gasteiger partial charge on any atom is 0.0636 e. The molecular formula is C74H132N2. The van der Waals surface area contributed by atoms with Gasteiger partial charge in [0, 0.05) is 0 Å². The molecule has 0 N–H and O–H groups in total. The van der Waals surface area contributed by atoms with Gasteiger partial charge in [-0.2, -0.15) is 0 Å². The standard InChI is InChI=1S/C74H132N2/c1-5-9-13-16-19-22-25-28-29-30-31-32-33-34-35-36-37-38-41-44-47-50-53-56-66-74(76-72-64-58-62-70(68-72)60-55-52-49-46-43-40-27-24-21-18-15-11-7-3)73(65-12-8-4)75-71-63-57-61-69(67-71)59-54-51-48-45-42-39-26-23-20-17-14-10-6-2/h57-58,61-64,67-68H,5-56,59-60,65-66H2,1-4H3. The largest absolute Gasteiger partial charge is 0.252 e. The zero-order chi connectivity index (χ0) is 54.1. The van der Waals surface area contributed by atoms with Gasteiger partial charge in [0.25, 0.3) is 0 Å². The fourth-order valence-electron chi connectivity index (χ4n) is 11.7. The molecule has 0 heterocycles. The van der Waals surface area contributed by atoms with Gasteiger partial charge in [-0.3, -0.25) is 9.98 Å². The van der Waals surface area contributed by atoms with E-state index in [1.165, 1.54) is 356 Å². The molecule has 2 heteroatoms. The summed E-state index contributed by atoms with van der Waals surface area (Å²) in [4.78, 5) is 11.0. The van der Waals surface area contributed by atoms with Crippen LogP contribution in [0.1, 0.15) is 386 Å². The van der Waals surface area contributed by atoms with Crippen LogP contribution in [0.15, 0.2) is 58.5 Å². The maximum atomic E-state index is 5.54. The maximum absolute atomic E-state index is 5.54. The van der Waals surface area contributed by atoms with Crippen molar-refractivity contribution in [2.45, 2.75) is 387 Å². The minimum atomic E-state index is 1.01. The van der Waals surface area contributed by atoms with Crippen LogP contribution in [0.3, 0.4) is 0 Å². The molecule has 0 unspecified atom stereocenters. The highest BCUT2D eigenvalue weighted by molar-refractivity contribution is 6.43. The van der Waals surface area contributed by atoms with E-state index >= 15 is 0 Å². The van der Waals surface area contributed by atoms with Crippen LogP contribution >= 0.6 is 0 Å². The summed E-state index contributed by atoms with van der Waals surface area (Å²) in [5.74, 6) is 0. The van der Waals surface area contributed by atoms with Crippen LogP contribution in [0.5, 0.6) is 0 Å². The van der Waals surface area contributed by atoms with Crippen LogP contribution in [0.25, 0.3) is 0 Å². The number of aryl methyl sites for hydroxylation is 2. The molecule has 438 valence electrons. The Bertz CT molecular complexity index is 1550. The number of nitrogens with zero attached hydrogens (tertiary/aromatic N) is 2. The highest BCUT2D eigenvalue weighted by Gasteiger charge is 2.12. The molecular weight excluding hydrogens is 917 g/mol. The second-order valence-electron chi connectivity index (χ2n) is 24.4. The third-order valence-electron chi connectivity index (χ3n) is 16.9. The second kappa shape index (κ2) is 56.1. The quantitative estimate of drug-likeness (QED) is 0.0466. The smallest absolute Gasteiger partial charge is 0.0636 e. The van der Waals surface area contributed by atoms with Gasteiger partial charge < -0.3 is 0 Å². The molecule has 0 saturated heterocycles. The molecule has 0 bridgehead atoms. The first kappa shape index (κ1) is 69.9. The average Bonchev–Trinajstić information content (AvgIpc) is 3.43.